The van der Waals surface area contributed by atoms with E-state index in [4.69, 9.17) is 34.8 Å². The maximum atomic E-state index is 12.5. The Bertz CT molecular complexity index is 1030. The second-order valence-corrected chi connectivity index (χ2v) is 7.92. The zero-order valence-electron chi connectivity index (χ0n) is 14.9. The Labute approximate surface area is 178 Å². The van der Waals surface area contributed by atoms with Crippen LogP contribution in [-0.2, 0) is 13.0 Å². The van der Waals surface area contributed by atoms with Crippen molar-refractivity contribution in [2.45, 2.75) is 13.0 Å². The first kappa shape index (κ1) is 19.1. The summed E-state index contributed by atoms with van der Waals surface area (Å²) in [7, 11) is 0. The molecule has 0 fully saturated rings. The van der Waals surface area contributed by atoms with Gasteiger partial charge in [0.1, 0.15) is 0 Å². The molecule has 3 nitrogen and oxygen atoms in total. The zero-order chi connectivity index (χ0) is 19.7. The molecular weight excluding hydrogens is 415 g/mol. The maximum absolute atomic E-state index is 12.5. The lowest BCUT2D eigenvalue weighted by atomic mass is 10.1. The number of nitrogens with zero attached hydrogens (tertiary/aromatic N) is 1. The van der Waals surface area contributed by atoms with E-state index < -0.39 is 0 Å². The second-order valence-electron chi connectivity index (χ2n) is 6.70. The molecule has 0 aliphatic carbocycles. The van der Waals surface area contributed by atoms with Gasteiger partial charge in [0.25, 0.3) is 5.91 Å². The molecule has 1 N–H and O–H groups in total. The summed E-state index contributed by atoms with van der Waals surface area (Å²) in [5, 5.41) is 3.80. The number of benzene rings is 3. The van der Waals surface area contributed by atoms with E-state index in [2.05, 4.69) is 34.5 Å². The highest BCUT2D eigenvalue weighted by Gasteiger charge is 2.18. The van der Waals surface area contributed by atoms with Crippen LogP contribution in [0.25, 0.3) is 0 Å². The summed E-state index contributed by atoms with van der Waals surface area (Å²) < 4.78 is 0. The maximum Gasteiger partial charge on any atom is 0.255 e. The fourth-order valence-corrected chi connectivity index (χ4v) is 3.96. The molecule has 3 aromatic carbocycles. The van der Waals surface area contributed by atoms with E-state index in [1.165, 1.54) is 17.3 Å². The molecule has 28 heavy (non-hydrogen) atoms. The van der Waals surface area contributed by atoms with Gasteiger partial charge in [0, 0.05) is 24.3 Å². The molecule has 1 heterocycles. The van der Waals surface area contributed by atoms with Crippen LogP contribution in [0.3, 0.4) is 0 Å². The molecule has 0 radical (unpaired) electrons. The summed E-state index contributed by atoms with van der Waals surface area (Å²) in [5.74, 6) is -0.252. The summed E-state index contributed by atoms with van der Waals surface area (Å²) in [4.78, 5) is 14.9. The second kappa shape index (κ2) is 8.04. The van der Waals surface area contributed by atoms with Crippen LogP contribution in [0.2, 0.25) is 15.1 Å². The molecule has 0 aromatic heterocycles. The number of carbonyl (C=O) groups excluding carboxylic acids is 1. The van der Waals surface area contributed by atoms with Crippen molar-refractivity contribution in [3.05, 3.63) is 92.4 Å². The van der Waals surface area contributed by atoms with Gasteiger partial charge in [-0.05, 0) is 47.9 Å². The summed E-state index contributed by atoms with van der Waals surface area (Å²) in [6.45, 7) is 1.83. The molecule has 1 aliphatic heterocycles. The highest BCUT2D eigenvalue weighted by Crippen LogP contribution is 2.32. The van der Waals surface area contributed by atoms with Crippen molar-refractivity contribution in [1.82, 2.24) is 0 Å². The zero-order valence-corrected chi connectivity index (χ0v) is 17.2. The van der Waals surface area contributed by atoms with Gasteiger partial charge in [0.15, 0.2) is 0 Å². The molecule has 0 bridgehead atoms. The molecule has 1 aliphatic rings. The molecule has 0 atom stereocenters. The minimum absolute atomic E-state index is 0.252. The van der Waals surface area contributed by atoms with E-state index in [-0.39, 0.29) is 5.91 Å². The van der Waals surface area contributed by atoms with Gasteiger partial charge < -0.3 is 10.2 Å². The Hall–Kier alpha value is -2.20. The quantitative estimate of drug-likeness (QED) is 0.481. The van der Waals surface area contributed by atoms with E-state index in [0.717, 1.165) is 25.1 Å². The van der Waals surface area contributed by atoms with Gasteiger partial charge in [-0.2, -0.15) is 0 Å². The van der Waals surface area contributed by atoms with E-state index >= 15 is 0 Å². The number of halogens is 3. The van der Waals surface area contributed by atoms with Gasteiger partial charge in [-0.15, -0.1) is 0 Å². The average Bonchev–Trinajstić information content (AvgIpc) is 3.09. The Balaban J connectivity index is 1.45. The summed E-state index contributed by atoms with van der Waals surface area (Å²) in [5.41, 5.74) is 4.81. The van der Waals surface area contributed by atoms with Crippen LogP contribution in [0.15, 0.2) is 60.7 Å². The van der Waals surface area contributed by atoms with E-state index in [0.29, 0.717) is 26.3 Å². The van der Waals surface area contributed by atoms with Gasteiger partial charge in [-0.25, -0.2) is 0 Å². The van der Waals surface area contributed by atoms with Crippen molar-refractivity contribution in [1.29, 1.82) is 0 Å². The molecule has 3 aromatic rings. The smallest absolute Gasteiger partial charge is 0.255 e. The standard InChI is InChI=1S/C22H17Cl3N2O/c23-17-11-19(25)20(12-18(17)24)26-22(28)16-7-5-14(6-8-16)13-27-10-9-15-3-1-2-4-21(15)27/h1-8,11-12H,9-10,13H2,(H,26,28). The van der Waals surface area contributed by atoms with Crippen LogP contribution in [0.1, 0.15) is 21.5 Å². The van der Waals surface area contributed by atoms with Crippen LogP contribution < -0.4 is 10.2 Å². The highest BCUT2D eigenvalue weighted by molar-refractivity contribution is 6.44. The largest absolute Gasteiger partial charge is 0.367 e. The van der Waals surface area contributed by atoms with Crippen LogP contribution in [0.5, 0.6) is 0 Å². The van der Waals surface area contributed by atoms with Crippen molar-refractivity contribution < 1.29 is 4.79 Å². The monoisotopic (exact) mass is 430 g/mol. The SMILES string of the molecule is O=C(Nc1cc(Cl)c(Cl)cc1Cl)c1ccc(CN2CCc3ccccc32)cc1. The molecule has 0 spiro atoms. The van der Waals surface area contributed by atoms with Crippen molar-refractivity contribution in [3.63, 3.8) is 0 Å². The minimum atomic E-state index is -0.252. The molecule has 1 amide bonds. The number of rotatable bonds is 4. The lowest BCUT2D eigenvalue weighted by Gasteiger charge is -2.19. The number of hydrogen-bond donors (Lipinski definition) is 1. The van der Waals surface area contributed by atoms with Crippen molar-refractivity contribution in [2.24, 2.45) is 0 Å². The number of anilines is 2. The minimum Gasteiger partial charge on any atom is -0.367 e. The molecular formula is C22H17Cl3N2O. The van der Waals surface area contributed by atoms with Crippen LogP contribution in [0.4, 0.5) is 11.4 Å². The van der Waals surface area contributed by atoms with Gasteiger partial charge in [-0.3, -0.25) is 4.79 Å². The van der Waals surface area contributed by atoms with E-state index in [9.17, 15) is 4.79 Å². The number of amides is 1. The van der Waals surface area contributed by atoms with Crippen LogP contribution >= 0.6 is 34.8 Å². The third-order valence-electron chi connectivity index (χ3n) is 4.83. The number of hydrogen-bond acceptors (Lipinski definition) is 2. The molecule has 4 rings (SSSR count). The highest BCUT2D eigenvalue weighted by atomic mass is 35.5. The lowest BCUT2D eigenvalue weighted by molar-refractivity contribution is 0.102. The predicted octanol–water partition coefficient (Wildman–Crippen LogP) is 6.46. The Kier molecular flexibility index (Phi) is 5.49. The Morgan fingerprint density at radius 1 is 0.929 bits per heavy atom. The van der Waals surface area contributed by atoms with Crippen molar-refractivity contribution in [3.8, 4) is 0 Å². The van der Waals surface area contributed by atoms with Crippen molar-refractivity contribution >= 4 is 52.1 Å². The number of para-hydroxylation sites is 1. The molecule has 0 saturated carbocycles. The number of fused-ring (bicyclic) bond motifs is 1. The molecule has 0 unspecified atom stereocenters. The van der Waals surface area contributed by atoms with Gasteiger partial charge in [-0.1, -0.05) is 65.1 Å². The van der Waals surface area contributed by atoms with E-state index in [1.54, 1.807) is 6.07 Å². The summed E-state index contributed by atoms with van der Waals surface area (Å²) >= 11 is 18.1. The predicted molar refractivity (Wildman–Crippen MR) is 117 cm³/mol. The molecule has 142 valence electrons. The number of carbonyl (C=O) groups is 1. The fourth-order valence-electron chi connectivity index (χ4n) is 3.37. The van der Waals surface area contributed by atoms with Crippen molar-refractivity contribution in [2.75, 3.05) is 16.8 Å². The molecule has 0 saturated heterocycles. The Morgan fingerprint density at radius 3 is 2.43 bits per heavy atom. The number of nitrogens with one attached hydrogen (secondary N) is 1. The van der Waals surface area contributed by atoms with Gasteiger partial charge in [0.05, 0.1) is 20.8 Å². The van der Waals surface area contributed by atoms with Gasteiger partial charge >= 0.3 is 0 Å². The fraction of sp³-hybridized carbons (Fsp3) is 0.136. The first-order valence-corrected chi connectivity index (χ1v) is 10.0. The van der Waals surface area contributed by atoms with Gasteiger partial charge in [0.2, 0.25) is 0 Å². The third kappa shape index (κ3) is 3.97. The summed E-state index contributed by atoms with van der Waals surface area (Å²) in [6.07, 6.45) is 1.07. The summed E-state index contributed by atoms with van der Waals surface area (Å²) in [6, 6.07) is 19.1. The normalized spacial score (nSPS) is 12.8. The first-order chi connectivity index (χ1) is 13.5. The third-order valence-corrected chi connectivity index (χ3v) is 5.87. The molecule has 6 heteroatoms. The lowest BCUT2D eigenvalue weighted by Crippen LogP contribution is -2.19. The first-order valence-electron chi connectivity index (χ1n) is 8.89. The van der Waals surface area contributed by atoms with Crippen LogP contribution in [0, 0.1) is 0 Å². The topological polar surface area (TPSA) is 32.3 Å². The average molecular weight is 432 g/mol. The van der Waals surface area contributed by atoms with E-state index in [1.807, 2.05) is 24.3 Å². The van der Waals surface area contributed by atoms with Crippen LogP contribution in [-0.4, -0.2) is 12.5 Å². The Morgan fingerprint density at radius 2 is 1.64 bits per heavy atom.